The molecule has 0 bridgehead atoms. The van der Waals surface area contributed by atoms with E-state index in [0.29, 0.717) is 24.1 Å². The molecule has 1 heterocycles. The predicted octanol–water partition coefficient (Wildman–Crippen LogP) is 1.83. The van der Waals surface area contributed by atoms with Gasteiger partial charge in [0, 0.05) is 12.6 Å². The molecule has 0 atom stereocenters. The Morgan fingerprint density at radius 3 is 2.65 bits per heavy atom. The molecule has 1 rings (SSSR count). The third-order valence-electron chi connectivity index (χ3n) is 2.14. The second kappa shape index (κ2) is 6.83. The molecule has 5 nitrogen and oxygen atoms in total. The lowest BCUT2D eigenvalue weighted by atomic mass is 10.3. The Balaban J connectivity index is 2.52. The summed E-state index contributed by atoms with van der Waals surface area (Å²) >= 11 is 0. The summed E-state index contributed by atoms with van der Waals surface area (Å²) in [6.45, 7) is 6.81. The first-order chi connectivity index (χ1) is 8.13. The summed E-state index contributed by atoms with van der Waals surface area (Å²) in [6.07, 6.45) is 5.11. The number of carbonyl (C=O) groups is 1. The summed E-state index contributed by atoms with van der Waals surface area (Å²) in [5.41, 5.74) is 0.357. The summed E-state index contributed by atoms with van der Waals surface area (Å²) in [5, 5.41) is 5.92. The van der Waals surface area contributed by atoms with Crippen LogP contribution in [0.5, 0.6) is 0 Å². The number of unbranched alkanes of at least 4 members (excludes halogenated alkanes) is 1. The minimum absolute atomic E-state index is 0.165. The number of hydrogen-bond acceptors (Lipinski definition) is 4. The van der Waals surface area contributed by atoms with Crippen molar-refractivity contribution in [3.8, 4) is 0 Å². The minimum Gasteiger partial charge on any atom is -0.367 e. The van der Waals surface area contributed by atoms with Gasteiger partial charge in [0.2, 0.25) is 0 Å². The Labute approximate surface area is 102 Å². The number of amides is 1. The maximum absolute atomic E-state index is 11.6. The van der Waals surface area contributed by atoms with Crippen LogP contribution in [0.2, 0.25) is 0 Å². The van der Waals surface area contributed by atoms with Crippen molar-refractivity contribution < 1.29 is 4.79 Å². The molecule has 2 N–H and O–H groups in total. The van der Waals surface area contributed by atoms with Crippen LogP contribution in [0.25, 0.3) is 0 Å². The summed E-state index contributed by atoms with van der Waals surface area (Å²) in [6, 6.07) is 0.300. The Kier molecular flexibility index (Phi) is 5.39. The maximum Gasteiger partial charge on any atom is 0.271 e. The first kappa shape index (κ1) is 13.4. The molecule has 0 aliphatic rings. The summed E-state index contributed by atoms with van der Waals surface area (Å²) in [4.78, 5) is 19.8. The van der Waals surface area contributed by atoms with Crippen LogP contribution in [0.15, 0.2) is 12.4 Å². The van der Waals surface area contributed by atoms with E-state index in [0.717, 1.165) is 12.8 Å². The Morgan fingerprint density at radius 1 is 1.35 bits per heavy atom. The van der Waals surface area contributed by atoms with E-state index in [4.69, 9.17) is 0 Å². The molecule has 0 saturated heterocycles. The molecule has 0 saturated carbocycles. The molecule has 94 valence electrons. The van der Waals surface area contributed by atoms with Gasteiger partial charge in [0.05, 0.1) is 12.4 Å². The predicted molar refractivity (Wildman–Crippen MR) is 68.0 cm³/mol. The monoisotopic (exact) mass is 236 g/mol. The van der Waals surface area contributed by atoms with Gasteiger partial charge in [0.25, 0.3) is 5.91 Å². The van der Waals surface area contributed by atoms with Crippen LogP contribution < -0.4 is 10.6 Å². The van der Waals surface area contributed by atoms with Crippen molar-refractivity contribution in [3.05, 3.63) is 18.1 Å². The van der Waals surface area contributed by atoms with Crippen molar-refractivity contribution in [2.45, 2.75) is 39.7 Å². The third-order valence-corrected chi connectivity index (χ3v) is 2.14. The van der Waals surface area contributed by atoms with Crippen LogP contribution in [0, 0.1) is 0 Å². The van der Waals surface area contributed by atoms with E-state index in [9.17, 15) is 4.79 Å². The quantitative estimate of drug-likeness (QED) is 0.739. The van der Waals surface area contributed by atoms with Gasteiger partial charge in [-0.3, -0.25) is 4.79 Å². The maximum atomic E-state index is 11.6. The van der Waals surface area contributed by atoms with E-state index in [1.807, 2.05) is 13.8 Å². The smallest absolute Gasteiger partial charge is 0.271 e. The molecule has 0 spiro atoms. The molecule has 0 aliphatic carbocycles. The number of hydrogen-bond donors (Lipinski definition) is 2. The molecule has 0 unspecified atom stereocenters. The highest BCUT2D eigenvalue weighted by Crippen LogP contribution is 2.02. The first-order valence-corrected chi connectivity index (χ1v) is 6.00. The van der Waals surface area contributed by atoms with Crippen LogP contribution in [0.4, 0.5) is 5.82 Å². The second-order valence-electron chi connectivity index (χ2n) is 4.20. The molecule has 0 aromatic carbocycles. The highest BCUT2D eigenvalue weighted by molar-refractivity contribution is 5.91. The highest BCUT2D eigenvalue weighted by Gasteiger charge is 2.07. The van der Waals surface area contributed by atoms with Gasteiger partial charge in [-0.25, -0.2) is 9.97 Å². The van der Waals surface area contributed by atoms with Gasteiger partial charge >= 0.3 is 0 Å². The number of anilines is 1. The molecule has 1 aromatic rings. The topological polar surface area (TPSA) is 66.9 Å². The lowest BCUT2D eigenvalue weighted by Gasteiger charge is -2.08. The molecule has 0 fully saturated rings. The summed E-state index contributed by atoms with van der Waals surface area (Å²) < 4.78 is 0. The zero-order valence-electron chi connectivity index (χ0n) is 10.7. The van der Waals surface area contributed by atoms with E-state index in [1.165, 1.54) is 6.20 Å². The van der Waals surface area contributed by atoms with Gasteiger partial charge in [-0.15, -0.1) is 0 Å². The highest BCUT2D eigenvalue weighted by atomic mass is 16.1. The normalized spacial score (nSPS) is 10.4. The van der Waals surface area contributed by atoms with Crippen LogP contribution in [0.1, 0.15) is 44.1 Å². The van der Waals surface area contributed by atoms with Crippen LogP contribution in [-0.4, -0.2) is 28.5 Å². The van der Waals surface area contributed by atoms with Gasteiger partial charge in [-0.1, -0.05) is 13.3 Å². The Bertz CT molecular complexity index is 348. The Morgan fingerprint density at radius 2 is 2.12 bits per heavy atom. The van der Waals surface area contributed by atoms with Crippen LogP contribution in [0.3, 0.4) is 0 Å². The van der Waals surface area contributed by atoms with E-state index in [-0.39, 0.29) is 5.91 Å². The molecular weight excluding hydrogens is 216 g/mol. The SMILES string of the molecule is CCCCNC(=O)c1cnc(NC(C)C)cn1. The van der Waals surface area contributed by atoms with E-state index in [1.54, 1.807) is 6.20 Å². The fourth-order valence-electron chi connectivity index (χ4n) is 1.28. The third kappa shape index (κ3) is 4.80. The number of carbonyl (C=O) groups excluding carboxylic acids is 1. The molecule has 0 radical (unpaired) electrons. The molecule has 17 heavy (non-hydrogen) atoms. The molecular formula is C12H20N4O. The van der Waals surface area contributed by atoms with Gasteiger partial charge < -0.3 is 10.6 Å². The van der Waals surface area contributed by atoms with Gasteiger partial charge in [-0.2, -0.15) is 0 Å². The number of aromatic nitrogens is 2. The fraction of sp³-hybridized carbons (Fsp3) is 0.583. The number of nitrogens with one attached hydrogen (secondary N) is 2. The van der Waals surface area contributed by atoms with Crippen molar-refractivity contribution in [2.24, 2.45) is 0 Å². The van der Waals surface area contributed by atoms with Crippen molar-refractivity contribution in [2.75, 3.05) is 11.9 Å². The lowest BCUT2D eigenvalue weighted by Crippen LogP contribution is -2.25. The average Bonchev–Trinajstić information content (AvgIpc) is 2.29. The minimum atomic E-state index is -0.165. The van der Waals surface area contributed by atoms with Crippen LogP contribution >= 0.6 is 0 Å². The molecule has 0 aliphatic heterocycles. The zero-order valence-corrected chi connectivity index (χ0v) is 10.7. The lowest BCUT2D eigenvalue weighted by molar-refractivity contribution is 0.0948. The molecule has 5 heteroatoms. The van der Waals surface area contributed by atoms with E-state index >= 15 is 0 Å². The first-order valence-electron chi connectivity index (χ1n) is 6.00. The average molecular weight is 236 g/mol. The van der Waals surface area contributed by atoms with Gasteiger partial charge in [0.1, 0.15) is 11.5 Å². The van der Waals surface area contributed by atoms with Crippen LogP contribution in [-0.2, 0) is 0 Å². The van der Waals surface area contributed by atoms with Gasteiger partial charge in [-0.05, 0) is 20.3 Å². The standard InChI is InChI=1S/C12H20N4O/c1-4-5-6-13-12(17)10-7-15-11(8-14-10)16-9(2)3/h7-9H,4-6H2,1-3H3,(H,13,17)(H,15,16). The summed E-state index contributed by atoms with van der Waals surface area (Å²) in [5.74, 6) is 0.521. The van der Waals surface area contributed by atoms with Crippen molar-refractivity contribution in [3.63, 3.8) is 0 Å². The fourth-order valence-corrected chi connectivity index (χ4v) is 1.28. The number of rotatable bonds is 6. The van der Waals surface area contributed by atoms with E-state index in [2.05, 4.69) is 27.5 Å². The largest absolute Gasteiger partial charge is 0.367 e. The van der Waals surface area contributed by atoms with Gasteiger partial charge in [0.15, 0.2) is 0 Å². The molecule has 1 amide bonds. The van der Waals surface area contributed by atoms with E-state index < -0.39 is 0 Å². The number of nitrogens with zero attached hydrogens (tertiary/aromatic N) is 2. The zero-order chi connectivity index (χ0) is 12.7. The summed E-state index contributed by atoms with van der Waals surface area (Å²) in [7, 11) is 0. The second-order valence-corrected chi connectivity index (χ2v) is 4.20. The van der Waals surface area contributed by atoms with Crippen molar-refractivity contribution in [1.82, 2.24) is 15.3 Å². The molecule has 1 aromatic heterocycles. The van der Waals surface area contributed by atoms with Crippen molar-refractivity contribution >= 4 is 11.7 Å². The van der Waals surface area contributed by atoms with Crippen molar-refractivity contribution in [1.29, 1.82) is 0 Å². The Hall–Kier alpha value is -1.65.